The Balaban J connectivity index is 2.39. The Morgan fingerprint density at radius 1 is 1.35 bits per heavy atom. The predicted octanol–water partition coefficient (Wildman–Crippen LogP) is 0.169. The van der Waals surface area contributed by atoms with E-state index in [1.807, 2.05) is 31.2 Å². The van der Waals surface area contributed by atoms with E-state index in [0.29, 0.717) is 13.1 Å². The molecule has 3 N–H and O–H groups in total. The Bertz CT molecular complexity index is 457. The van der Waals surface area contributed by atoms with E-state index in [2.05, 4.69) is 5.32 Å². The number of para-hydroxylation sites is 1. The molecule has 1 saturated heterocycles. The number of carbonyl (C=O) groups excluding carboxylic acids is 2. The summed E-state index contributed by atoms with van der Waals surface area (Å²) in [6, 6.07) is 7.22. The fraction of sp³-hybridized carbons (Fsp3) is 0.333. The molecular weight excluding hydrogens is 218 g/mol. The molecule has 90 valence electrons. The van der Waals surface area contributed by atoms with Crippen LogP contribution in [0.4, 0.5) is 5.69 Å². The molecule has 2 amide bonds. The summed E-state index contributed by atoms with van der Waals surface area (Å²) in [6.45, 7) is 2.81. The van der Waals surface area contributed by atoms with Crippen LogP contribution in [0, 0.1) is 0 Å². The van der Waals surface area contributed by atoms with Gasteiger partial charge in [-0.2, -0.15) is 0 Å². The van der Waals surface area contributed by atoms with Crippen LogP contribution in [0.25, 0.3) is 0 Å². The lowest BCUT2D eigenvalue weighted by Gasteiger charge is -2.29. The van der Waals surface area contributed by atoms with Gasteiger partial charge in [0.25, 0.3) is 0 Å². The third-order valence-corrected chi connectivity index (χ3v) is 2.78. The summed E-state index contributed by atoms with van der Waals surface area (Å²) < 4.78 is 0. The minimum Gasteiger partial charge on any atom is -0.346 e. The van der Waals surface area contributed by atoms with Crippen molar-refractivity contribution in [3.63, 3.8) is 0 Å². The minimum atomic E-state index is -0.560. The number of anilines is 1. The van der Waals surface area contributed by atoms with Crippen LogP contribution in [-0.2, 0) is 9.59 Å². The number of carbonyl (C=O) groups is 2. The van der Waals surface area contributed by atoms with Gasteiger partial charge < -0.3 is 16.0 Å². The highest BCUT2D eigenvalue weighted by atomic mass is 16.2. The first-order chi connectivity index (χ1) is 8.11. The Morgan fingerprint density at radius 3 is 2.76 bits per heavy atom. The van der Waals surface area contributed by atoms with Gasteiger partial charge in [-0.25, -0.2) is 0 Å². The van der Waals surface area contributed by atoms with Gasteiger partial charge in [0.1, 0.15) is 0 Å². The summed E-state index contributed by atoms with van der Waals surface area (Å²) in [5, 5.41) is 2.52. The maximum Gasteiger partial charge on any atom is 0.316 e. The molecule has 0 aromatic heterocycles. The molecule has 1 aromatic rings. The molecule has 0 radical (unpaired) electrons. The number of nitrogens with zero attached hydrogens (tertiary/aromatic N) is 1. The summed E-state index contributed by atoms with van der Waals surface area (Å²) in [7, 11) is 0. The second-order valence-corrected chi connectivity index (χ2v) is 4.06. The highest BCUT2D eigenvalue weighted by molar-refractivity contribution is 6.41. The molecule has 17 heavy (non-hydrogen) atoms. The Hall–Kier alpha value is -1.88. The molecule has 2 rings (SSSR count). The quantitative estimate of drug-likeness (QED) is 0.715. The monoisotopic (exact) mass is 233 g/mol. The fourth-order valence-electron chi connectivity index (χ4n) is 1.93. The molecule has 1 aromatic carbocycles. The number of nitrogens with one attached hydrogen (secondary N) is 1. The van der Waals surface area contributed by atoms with E-state index >= 15 is 0 Å². The van der Waals surface area contributed by atoms with Crippen LogP contribution < -0.4 is 16.0 Å². The van der Waals surface area contributed by atoms with Crippen molar-refractivity contribution in [2.75, 3.05) is 18.0 Å². The van der Waals surface area contributed by atoms with E-state index in [1.54, 1.807) is 0 Å². The van der Waals surface area contributed by atoms with Crippen LogP contribution in [0.1, 0.15) is 18.5 Å². The van der Waals surface area contributed by atoms with Crippen LogP contribution in [0.2, 0.25) is 0 Å². The van der Waals surface area contributed by atoms with Gasteiger partial charge in [0.2, 0.25) is 0 Å². The van der Waals surface area contributed by atoms with Crippen molar-refractivity contribution < 1.29 is 9.59 Å². The van der Waals surface area contributed by atoms with Gasteiger partial charge in [-0.3, -0.25) is 9.59 Å². The zero-order valence-corrected chi connectivity index (χ0v) is 9.64. The molecule has 5 nitrogen and oxygen atoms in total. The summed E-state index contributed by atoms with van der Waals surface area (Å²) in [5.74, 6) is -1.08. The third kappa shape index (κ3) is 2.14. The average Bonchev–Trinajstić information content (AvgIpc) is 2.33. The van der Waals surface area contributed by atoms with Crippen molar-refractivity contribution in [3.05, 3.63) is 29.8 Å². The van der Waals surface area contributed by atoms with E-state index < -0.39 is 11.8 Å². The molecule has 0 aliphatic carbocycles. The average molecular weight is 233 g/mol. The SMILES string of the molecule is CC(N)c1ccccc1N1CCNC(=O)C1=O. The molecule has 1 aliphatic rings. The molecule has 1 unspecified atom stereocenters. The van der Waals surface area contributed by atoms with Gasteiger partial charge >= 0.3 is 11.8 Å². The van der Waals surface area contributed by atoms with Crippen molar-refractivity contribution in [2.45, 2.75) is 13.0 Å². The first kappa shape index (κ1) is 11.6. The Morgan fingerprint density at radius 2 is 2.06 bits per heavy atom. The van der Waals surface area contributed by atoms with Gasteiger partial charge in [0.15, 0.2) is 0 Å². The standard InChI is InChI=1S/C12H15N3O2/c1-8(13)9-4-2-3-5-10(9)15-7-6-14-11(16)12(15)17/h2-5,8H,6-7,13H2,1H3,(H,14,16). The summed E-state index contributed by atoms with van der Waals surface area (Å²) in [4.78, 5) is 24.6. The van der Waals surface area contributed by atoms with Crippen molar-refractivity contribution in [3.8, 4) is 0 Å². The Kier molecular flexibility index (Phi) is 3.10. The number of piperazine rings is 1. The van der Waals surface area contributed by atoms with Crippen LogP contribution >= 0.6 is 0 Å². The van der Waals surface area contributed by atoms with E-state index in [0.717, 1.165) is 11.3 Å². The number of amides is 2. The second kappa shape index (κ2) is 4.55. The third-order valence-electron chi connectivity index (χ3n) is 2.78. The largest absolute Gasteiger partial charge is 0.346 e. The zero-order valence-electron chi connectivity index (χ0n) is 9.64. The van der Waals surface area contributed by atoms with E-state index in [4.69, 9.17) is 5.73 Å². The normalized spacial score (nSPS) is 17.9. The first-order valence-corrected chi connectivity index (χ1v) is 5.55. The van der Waals surface area contributed by atoms with Crippen molar-refractivity contribution in [2.24, 2.45) is 5.73 Å². The number of benzene rings is 1. The lowest BCUT2D eigenvalue weighted by Crippen LogP contribution is -2.52. The Labute approximate surface area is 99.6 Å². The number of hydrogen-bond donors (Lipinski definition) is 2. The van der Waals surface area contributed by atoms with Gasteiger partial charge in [-0.15, -0.1) is 0 Å². The van der Waals surface area contributed by atoms with Crippen LogP contribution in [-0.4, -0.2) is 24.9 Å². The van der Waals surface area contributed by atoms with Crippen molar-refractivity contribution >= 4 is 17.5 Å². The highest BCUT2D eigenvalue weighted by Crippen LogP contribution is 2.25. The van der Waals surface area contributed by atoms with Crippen LogP contribution in [0.3, 0.4) is 0 Å². The molecule has 0 spiro atoms. The zero-order chi connectivity index (χ0) is 12.4. The summed E-state index contributed by atoms with van der Waals surface area (Å²) in [6.07, 6.45) is 0. The van der Waals surface area contributed by atoms with Crippen LogP contribution in [0.5, 0.6) is 0 Å². The molecule has 0 bridgehead atoms. The fourth-order valence-corrected chi connectivity index (χ4v) is 1.93. The second-order valence-electron chi connectivity index (χ2n) is 4.06. The number of hydrogen-bond acceptors (Lipinski definition) is 3. The smallest absolute Gasteiger partial charge is 0.316 e. The van der Waals surface area contributed by atoms with Crippen molar-refractivity contribution in [1.82, 2.24) is 5.32 Å². The summed E-state index contributed by atoms with van der Waals surface area (Å²) >= 11 is 0. The molecular formula is C12H15N3O2. The van der Waals surface area contributed by atoms with Gasteiger partial charge in [0, 0.05) is 24.8 Å². The predicted molar refractivity (Wildman–Crippen MR) is 64.4 cm³/mol. The number of rotatable bonds is 2. The molecule has 1 fully saturated rings. The lowest BCUT2D eigenvalue weighted by molar-refractivity contribution is -0.138. The molecule has 5 heteroatoms. The van der Waals surface area contributed by atoms with Crippen LogP contribution in [0.15, 0.2) is 24.3 Å². The maximum atomic E-state index is 11.8. The summed E-state index contributed by atoms with van der Waals surface area (Å²) in [5.41, 5.74) is 7.46. The van der Waals surface area contributed by atoms with E-state index in [9.17, 15) is 9.59 Å². The van der Waals surface area contributed by atoms with Gasteiger partial charge in [-0.05, 0) is 18.6 Å². The maximum absolute atomic E-state index is 11.8. The lowest BCUT2D eigenvalue weighted by atomic mass is 10.1. The van der Waals surface area contributed by atoms with Gasteiger partial charge in [-0.1, -0.05) is 18.2 Å². The molecule has 0 saturated carbocycles. The number of nitrogens with two attached hydrogens (primary N) is 1. The first-order valence-electron chi connectivity index (χ1n) is 5.55. The molecule has 1 atom stereocenters. The topological polar surface area (TPSA) is 75.4 Å². The molecule has 1 aliphatic heterocycles. The highest BCUT2D eigenvalue weighted by Gasteiger charge is 2.28. The van der Waals surface area contributed by atoms with E-state index in [1.165, 1.54) is 4.90 Å². The minimum absolute atomic E-state index is 0.177. The molecule has 1 heterocycles. The van der Waals surface area contributed by atoms with Gasteiger partial charge in [0.05, 0.1) is 0 Å². The van der Waals surface area contributed by atoms with Crippen molar-refractivity contribution in [1.29, 1.82) is 0 Å². The van der Waals surface area contributed by atoms with E-state index in [-0.39, 0.29) is 6.04 Å².